The van der Waals surface area contributed by atoms with Crippen LogP contribution >= 0.6 is 0 Å². The molecule has 1 aliphatic heterocycles. The number of pyridine rings is 1. The number of nitrogens with one attached hydrogen (secondary N) is 1. The quantitative estimate of drug-likeness (QED) is 0.745. The van der Waals surface area contributed by atoms with Crippen LogP contribution in [0.25, 0.3) is 0 Å². The second kappa shape index (κ2) is 9.00. The summed E-state index contributed by atoms with van der Waals surface area (Å²) in [6, 6.07) is 2.03. The van der Waals surface area contributed by atoms with Crippen molar-refractivity contribution < 1.29 is 22.7 Å². The highest BCUT2D eigenvalue weighted by Gasteiger charge is 2.31. The second-order valence-electron chi connectivity index (χ2n) is 5.71. The molecule has 140 valence electrons. The first-order valence-corrected chi connectivity index (χ1v) is 8.25. The van der Waals surface area contributed by atoms with Gasteiger partial charge in [-0.05, 0) is 19.1 Å². The van der Waals surface area contributed by atoms with Gasteiger partial charge in [-0.1, -0.05) is 0 Å². The molecule has 0 unspecified atom stereocenters. The molecule has 1 amide bonds. The third kappa shape index (κ3) is 6.17. The normalized spacial score (nSPS) is 16.1. The van der Waals surface area contributed by atoms with Crippen LogP contribution in [0.15, 0.2) is 18.3 Å². The van der Waals surface area contributed by atoms with E-state index in [1.807, 2.05) is 11.8 Å². The first kappa shape index (κ1) is 19.5. The van der Waals surface area contributed by atoms with Crippen LogP contribution in [0.2, 0.25) is 0 Å². The van der Waals surface area contributed by atoms with Gasteiger partial charge in [-0.3, -0.25) is 9.69 Å². The van der Waals surface area contributed by atoms with Crippen molar-refractivity contribution in [3.8, 4) is 0 Å². The molecule has 0 aromatic carbocycles. The molecule has 1 N–H and O–H groups in total. The number of rotatable bonds is 7. The predicted octanol–water partition coefficient (Wildman–Crippen LogP) is 1.38. The highest BCUT2D eigenvalue weighted by molar-refractivity contribution is 5.78. The Bertz CT molecular complexity index is 561. The van der Waals surface area contributed by atoms with E-state index in [0.29, 0.717) is 51.8 Å². The molecule has 1 saturated heterocycles. The zero-order valence-corrected chi connectivity index (χ0v) is 14.2. The Kier molecular flexibility index (Phi) is 7.01. The lowest BCUT2D eigenvalue weighted by molar-refractivity contribution is -0.137. The van der Waals surface area contributed by atoms with Gasteiger partial charge >= 0.3 is 6.18 Å². The Morgan fingerprint density at radius 1 is 1.32 bits per heavy atom. The van der Waals surface area contributed by atoms with E-state index < -0.39 is 11.7 Å². The monoisotopic (exact) mass is 360 g/mol. The van der Waals surface area contributed by atoms with Crippen LogP contribution in [0.3, 0.4) is 0 Å². The number of carbonyl (C=O) groups is 1. The van der Waals surface area contributed by atoms with E-state index in [4.69, 9.17) is 4.74 Å². The van der Waals surface area contributed by atoms with Gasteiger partial charge in [0, 0.05) is 45.5 Å². The summed E-state index contributed by atoms with van der Waals surface area (Å²) in [6.45, 7) is 5.98. The molecule has 0 aliphatic carbocycles. The Balaban J connectivity index is 1.79. The summed E-state index contributed by atoms with van der Waals surface area (Å²) in [7, 11) is 0. The van der Waals surface area contributed by atoms with Gasteiger partial charge in [0.05, 0.1) is 18.7 Å². The summed E-state index contributed by atoms with van der Waals surface area (Å²) in [5.41, 5.74) is -0.700. The van der Waals surface area contributed by atoms with Crippen molar-refractivity contribution in [1.29, 1.82) is 0 Å². The molecule has 0 saturated carbocycles. The minimum Gasteiger partial charge on any atom is -0.380 e. The Morgan fingerprint density at radius 2 is 2.04 bits per heavy atom. The van der Waals surface area contributed by atoms with E-state index in [9.17, 15) is 18.0 Å². The molecule has 0 atom stereocenters. The van der Waals surface area contributed by atoms with Crippen LogP contribution in [0.4, 0.5) is 19.0 Å². The highest BCUT2D eigenvalue weighted by atomic mass is 19.4. The van der Waals surface area contributed by atoms with E-state index in [2.05, 4.69) is 10.3 Å². The van der Waals surface area contributed by atoms with E-state index in [-0.39, 0.29) is 12.5 Å². The SMILES string of the molecule is CCOCCNC(=O)CN1CCN(c2cc(C(F)(F)F)ccn2)CC1. The van der Waals surface area contributed by atoms with Gasteiger partial charge in [0.2, 0.25) is 5.91 Å². The molecule has 9 heteroatoms. The van der Waals surface area contributed by atoms with Crippen LogP contribution in [-0.4, -0.2) is 68.3 Å². The lowest BCUT2D eigenvalue weighted by Crippen LogP contribution is -2.50. The van der Waals surface area contributed by atoms with Crippen LogP contribution in [0.5, 0.6) is 0 Å². The fourth-order valence-electron chi connectivity index (χ4n) is 2.57. The number of halogens is 3. The lowest BCUT2D eigenvalue weighted by Gasteiger charge is -2.35. The third-order valence-electron chi connectivity index (χ3n) is 3.91. The van der Waals surface area contributed by atoms with Crippen LogP contribution < -0.4 is 10.2 Å². The standard InChI is InChI=1S/C16H23F3N4O2/c1-2-25-10-5-21-15(24)12-22-6-8-23(9-7-22)14-11-13(3-4-20-14)16(17,18)19/h3-4,11H,2,5-10,12H2,1H3,(H,21,24). The molecular weight excluding hydrogens is 337 g/mol. The summed E-state index contributed by atoms with van der Waals surface area (Å²) >= 11 is 0. The summed E-state index contributed by atoms with van der Waals surface area (Å²) in [5.74, 6) is 0.237. The molecule has 2 rings (SSSR count). The minimum atomic E-state index is -4.38. The van der Waals surface area contributed by atoms with Crippen molar-refractivity contribution in [2.24, 2.45) is 0 Å². The third-order valence-corrected chi connectivity index (χ3v) is 3.91. The predicted molar refractivity (Wildman–Crippen MR) is 87.4 cm³/mol. The number of nitrogens with zero attached hydrogens (tertiary/aromatic N) is 3. The highest BCUT2D eigenvalue weighted by Crippen LogP contribution is 2.30. The number of alkyl halides is 3. The van der Waals surface area contributed by atoms with Crippen molar-refractivity contribution in [3.63, 3.8) is 0 Å². The van der Waals surface area contributed by atoms with Crippen molar-refractivity contribution in [1.82, 2.24) is 15.2 Å². The van der Waals surface area contributed by atoms with Gasteiger partial charge in [0.15, 0.2) is 0 Å². The smallest absolute Gasteiger partial charge is 0.380 e. The maximum atomic E-state index is 12.8. The molecule has 0 radical (unpaired) electrons. The Labute approximate surface area is 145 Å². The number of hydrogen-bond acceptors (Lipinski definition) is 5. The van der Waals surface area contributed by atoms with Crippen molar-refractivity contribution in [3.05, 3.63) is 23.9 Å². The lowest BCUT2D eigenvalue weighted by atomic mass is 10.2. The number of aromatic nitrogens is 1. The van der Waals surface area contributed by atoms with Crippen molar-refractivity contribution in [2.75, 3.05) is 57.4 Å². The van der Waals surface area contributed by atoms with Gasteiger partial charge in [-0.25, -0.2) is 4.98 Å². The molecule has 0 bridgehead atoms. The van der Waals surface area contributed by atoms with E-state index in [1.165, 1.54) is 6.20 Å². The molecule has 1 fully saturated rings. The van der Waals surface area contributed by atoms with Gasteiger partial charge in [0.1, 0.15) is 5.82 Å². The number of ether oxygens (including phenoxy) is 1. The topological polar surface area (TPSA) is 57.7 Å². The van der Waals surface area contributed by atoms with Gasteiger partial charge in [-0.15, -0.1) is 0 Å². The number of amides is 1. The zero-order valence-electron chi connectivity index (χ0n) is 14.2. The van der Waals surface area contributed by atoms with Crippen molar-refractivity contribution >= 4 is 11.7 Å². The van der Waals surface area contributed by atoms with Gasteiger partial charge in [-0.2, -0.15) is 13.2 Å². The number of piperazine rings is 1. The summed E-state index contributed by atoms with van der Waals surface area (Å²) in [5, 5.41) is 2.78. The fourth-order valence-corrected chi connectivity index (χ4v) is 2.57. The van der Waals surface area contributed by atoms with Crippen LogP contribution in [0.1, 0.15) is 12.5 Å². The number of carbonyl (C=O) groups excluding carboxylic acids is 1. The molecule has 6 nitrogen and oxygen atoms in total. The van der Waals surface area contributed by atoms with Crippen LogP contribution in [0, 0.1) is 0 Å². The second-order valence-corrected chi connectivity index (χ2v) is 5.71. The zero-order chi connectivity index (χ0) is 18.3. The van der Waals surface area contributed by atoms with Crippen molar-refractivity contribution in [2.45, 2.75) is 13.1 Å². The number of hydrogen-bond donors (Lipinski definition) is 1. The summed E-state index contributed by atoms with van der Waals surface area (Å²) < 4.78 is 43.5. The van der Waals surface area contributed by atoms with E-state index >= 15 is 0 Å². The Hall–Kier alpha value is -1.87. The Morgan fingerprint density at radius 3 is 2.68 bits per heavy atom. The largest absolute Gasteiger partial charge is 0.416 e. The first-order valence-electron chi connectivity index (χ1n) is 8.25. The van der Waals surface area contributed by atoms with Crippen LogP contribution in [-0.2, 0) is 15.7 Å². The van der Waals surface area contributed by atoms with Gasteiger partial charge < -0.3 is 15.0 Å². The number of anilines is 1. The maximum absolute atomic E-state index is 12.8. The summed E-state index contributed by atoms with van der Waals surface area (Å²) in [4.78, 5) is 19.6. The first-order chi connectivity index (χ1) is 11.9. The van der Waals surface area contributed by atoms with Gasteiger partial charge in [0.25, 0.3) is 0 Å². The average Bonchev–Trinajstić information content (AvgIpc) is 2.59. The molecular formula is C16H23F3N4O2. The summed E-state index contributed by atoms with van der Waals surface area (Å²) in [6.07, 6.45) is -3.20. The molecule has 1 aliphatic rings. The molecule has 1 aromatic heterocycles. The van der Waals surface area contributed by atoms with E-state index in [0.717, 1.165) is 12.1 Å². The molecule has 1 aromatic rings. The molecule has 2 heterocycles. The molecule has 0 spiro atoms. The maximum Gasteiger partial charge on any atom is 0.416 e. The fraction of sp³-hybridized carbons (Fsp3) is 0.625. The minimum absolute atomic E-state index is 0.0784. The average molecular weight is 360 g/mol. The van der Waals surface area contributed by atoms with E-state index in [1.54, 1.807) is 4.90 Å². The molecule has 25 heavy (non-hydrogen) atoms.